The van der Waals surface area contributed by atoms with Crippen molar-refractivity contribution in [2.45, 2.75) is 59.0 Å². The van der Waals surface area contributed by atoms with Gasteiger partial charge in [-0.25, -0.2) is 0 Å². The predicted octanol–water partition coefficient (Wildman–Crippen LogP) is 4.07. The summed E-state index contributed by atoms with van der Waals surface area (Å²) in [5.41, 5.74) is 4.21. The van der Waals surface area contributed by atoms with Gasteiger partial charge in [0.25, 0.3) is 0 Å². The van der Waals surface area contributed by atoms with Crippen LogP contribution in [0.3, 0.4) is 0 Å². The lowest BCUT2D eigenvalue weighted by molar-refractivity contribution is 0.210. The molecule has 1 aliphatic rings. The summed E-state index contributed by atoms with van der Waals surface area (Å²) in [4.78, 5) is 2.54. The van der Waals surface area contributed by atoms with Crippen molar-refractivity contribution in [1.29, 1.82) is 0 Å². The quantitative estimate of drug-likeness (QED) is 0.775. The van der Waals surface area contributed by atoms with Crippen LogP contribution < -0.4 is 5.32 Å². The number of hydrogen-bond acceptors (Lipinski definition) is 2. The maximum absolute atomic E-state index is 3.74. The van der Waals surface area contributed by atoms with Crippen molar-refractivity contribution >= 4 is 0 Å². The van der Waals surface area contributed by atoms with Crippen molar-refractivity contribution in [3.63, 3.8) is 0 Å². The molecule has 1 aromatic carbocycles. The molecule has 0 radical (unpaired) electrons. The molecule has 0 aliphatic heterocycles. The van der Waals surface area contributed by atoms with Crippen LogP contribution in [0.5, 0.6) is 0 Å². The Labute approximate surface area is 130 Å². The number of likely N-dealkylation sites (N-methyl/N-ethyl adjacent to an activating group) is 1. The largest absolute Gasteiger partial charge is 0.309 e. The summed E-state index contributed by atoms with van der Waals surface area (Å²) in [6.45, 7) is 11.2. The summed E-state index contributed by atoms with van der Waals surface area (Å²) in [7, 11) is 2.28. The molecular weight excluding hydrogens is 256 g/mol. The van der Waals surface area contributed by atoms with Gasteiger partial charge in [0.2, 0.25) is 0 Å². The van der Waals surface area contributed by atoms with Crippen molar-refractivity contribution in [3.8, 4) is 0 Å². The van der Waals surface area contributed by atoms with E-state index in [-0.39, 0.29) is 0 Å². The van der Waals surface area contributed by atoms with Crippen molar-refractivity contribution in [2.75, 3.05) is 20.1 Å². The van der Waals surface area contributed by atoms with Crippen LogP contribution in [0, 0.1) is 19.8 Å². The van der Waals surface area contributed by atoms with Gasteiger partial charge in [0.05, 0.1) is 0 Å². The molecule has 0 saturated heterocycles. The van der Waals surface area contributed by atoms with Gasteiger partial charge in [-0.05, 0) is 76.2 Å². The zero-order valence-corrected chi connectivity index (χ0v) is 14.4. The first-order valence-corrected chi connectivity index (χ1v) is 8.53. The number of aryl methyl sites for hydroxylation is 2. The third-order valence-corrected chi connectivity index (χ3v) is 5.04. The summed E-state index contributed by atoms with van der Waals surface area (Å²) in [5, 5.41) is 3.74. The molecule has 0 heterocycles. The predicted molar refractivity (Wildman–Crippen MR) is 91.8 cm³/mol. The zero-order chi connectivity index (χ0) is 15.4. The summed E-state index contributed by atoms with van der Waals surface area (Å²) in [6, 6.07) is 8.07. The Morgan fingerprint density at radius 2 is 1.95 bits per heavy atom. The van der Waals surface area contributed by atoms with Gasteiger partial charge in [0, 0.05) is 18.6 Å². The number of nitrogens with one attached hydrogen (secondary N) is 1. The third kappa shape index (κ3) is 4.55. The topological polar surface area (TPSA) is 15.3 Å². The van der Waals surface area contributed by atoms with Gasteiger partial charge in [0.15, 0.2) is 0 Å². The van der Waals surface area contributed by atoms with Crippen molar-refractivity contribution in [2.24, 2.45) is 5.92 Å². The fraction of sp³-hybridized carbons (Fsp3) is 0.684. The van der Waals surface area contributed by atoms with Gasteiger partial charge in [-0.2, -0.15) is 0 Å². The molecular formula is C19H32N2. The van der Waals surface area contributed by atoms with Crippen molar-refractivity contribution < 1.29 is 0 Å². The van der Waals surface area contributed by atoms with Gasteiger partial charge < -0.3 is 10.2 Å². The first-order valence-electron chi connectivity index (χ1n) is 8.53. The average Bonchev–Trinajstić information content (AvgIpc) is 3.30. The Kier molecular flexibility index (Phi) is 5.83. The van der Waals surface area contributed by atoms with Crippen LogP contribution in [-0.4, -0.2) is 31.1 Å². The van der Waals surface area contributed by atoms with Crippen LogP contribution in [0.1, 0.15) is 55.8 Å². The van der Waals surface area contributed by atoms with Gasteiger partial charge in [-0.15, -0.1) is 0 Å². The highest BCUT2D eigenvalue weighted by Gasteiger charge is 2.31. The maximum atomic E-state index is 3.74. The van der Waals surface area contributed by atoms with E-state index in [1.54, 1.807) is 0 Å². The molecule has 2 atom stereocenters. The number of rotatable bonds is 8. The second-order valence-corrected chi connectivity index (χ2v) is 6.87. The Hall–Kier alpha value is -0.860. The van der Waals surface area contributed by atoms with Crippen molar-refractivity contribution in [3.05, 3.63) is 34.9 Å². The van der Waals surface area contributed by atoms with Gasteiger partial charge in [-0.3, -0.25) is 0 Å². The Morgan fingerprint density at radius 1 is 1.24 bits per heavy atom. The molecule has 2 nitrogen and oxygen atoms in total. The minimum Gasteiger partial charge on any atom is -0.309 e. The molecule has 1 saturated carbocycles. The van der Waals surface area contributed by atoms with E-state index in [1.807, 2.05) is 0 Å². The fourth-order valence-corrected chi connectivity index (χ4v) is 2.98. The lowest BCUT2D eigenvalue weighted by atomic mass is 10.00. The maximum Gasteiger partial charge on any atom is 0.0449 e. The molecule has 0 spiro atoms. The highest BCUT2D eigenvalue weighted by atomic mass is 15.2. The highest BCUT2D eigenvalue weighted by Crippen LogP contribution is 2.35. The SMILES string of the molecule is CCCNC(CN(C)C(C)C1CC1)c1ccc(C)c(C)c1. The molecule has 0 amide bonds. The van der Waals surface area contributed by atoms with E-state index in [9.17, 15) is 0 Å². The lowest BCUT2D eigenvalue weighted by Gasteiger charge is -2.30. The molecule has 1 fully saturated rings. The van der Waals surface area contributed by atoms with E-state index in [1.165, 1.54) is 36.0 Å². The molecule has 1 aliphatic carbocycles. The van der Waals surface area contributed by atoms with E-state index < -0.39 is 0 Å². The first-order chi connectivity index (χ1) is 10.0. The number of benzene rings is 1. The van der Waals surface area contributed by atoms with Crippen LogP contribution in [0.2, 0.25) is 0 Å². The van der Waals surface area contributed by atoms with Crippen LogP contribution in [0.25, 0.3) is 0 Å². The van der Waals surface area contributed by atoms with E-state index in [0.717, 1.165) is 19.0 Å². The first kappa shape index (κ1) is 16.5. The monoisotopic (exact) mass is 288 g/mol. The van der Waals surface area contributed by atoms with E-state index in [4.69, 9.17) is 0 Å². The summed E-state index contributed by atoms with van der Waals surface area (Å²) in [5.74, 6) is 0.932. The van der Waals surface area contributed by atoms with Crippen molar-refractivity contribution in [1.82, 2.24) is 10.2 Å². The molecule has 2 unspecified atom stereocenters. The summed E-state index contributed by atoms with van der Waals surface area (Å²) in [6.07, 6.45) is 4.02. The molecule has 2 rings (SSSR count). The minimum absolute atomic E-state index is 0.440. The average molecular weight is 288 g/mol. The Morgan fingerprint density at radius 3 is 2.52 bits per heavy atom. The Bertz CT molecular complexity index is 451. The molecule has 1 aromatic rings. The van der Waals surface area contributed by atoms with E-state index >= 15 is 0 Å². The molecule has 2 heteroatoms. The van der Waals surface area contributed by atoms with Gasteiger partial charge in [-0.1, -0.05) is 25.1 Å². The molecule has 21 heavy (non-hydrogen) atoms. The van der Waals surface area contributed by atoms with Crippen LogP contribution >= 0.6 is 0 Å². The van der Waals surface area contributed by atoms with Crippen LogP contribution in [0.15, 0.2) is 18.2 Å². The minimum atomic E-state index is 0.440. The molecule has 1 N–H and O–H groups in total. The fourth-order valence-electron chi connectivity index (χ4n) is 2.98. The summed E-state index contributed by atoms with van der Waals surface area (Å²) < 4.78 is 0. The second-order valence-electron chi connectivity index (χ2n) is 6.87. The molecule has 0 bridgehead atoms. The Balaban J connectivity index is 2.06. The normalized spacial score (nSPS) is 18.0. The zero-order valence-electron chi connectivity index (χ0n) is 14.4. The highest BCUT2D eigenvalue weighted by molar-refractivity contribution is 5.32. The van der Waals surface area contributed by atoms with Gasteiger partial charge >= 0.3 is 0 Å². The van der Waals surface area contributed by atoms with E-state index in [0.29, 0.717) is 12.1 Å². The van der Waals surface area contributed by atoms with Crippen LogP contribution in [0.4, 0.5) is 0 Å². The van der Waals surface area contributed by atoms with Crippen LogP contribution in [-0.2, 0) is 0 Å². The molecule has 118 valence electrons. The van der Waals surface area contributed by atoms with Gasteiger partial charge in [0.1, 0.15) is 0 Å². The second kappa shape index (κ2) is 7.42. The van der Waals surface area contributed by atoms with E-state index in [2.05, 4.69) is 63.2 Å². The smallest absolute Gasteiger partial charge is 0.0449 e. The number of nitrogens with zero attached hydrogens (tertiary/aromatic N) is 1. The standard InChI is InChI=1S/C19H32N2/c1-6-11-20-19(13-21(5)16(4)17-9-10-17)18-8-7-14(2)15(3)12-18/h7-8,12,16-17,19-20H,6,9-11,13H2,1-5H3. The molecule has 0 aromatic heterocycles. The lowest BCUT2D eigenvalue weighted by Crippen LogP contribution is -2.39. The number of hydrogen-bond donors (Lipinski definition) is 1. The summed E-state index contributed by atoms with van der Waals surface area (Å²) >= 11 is 0. The third-order valence-electron chi connectivity index (χ3n) is 5.04.